The van der Waals surface area contributed by atoms with E-state index in [4.69, 9.17) is 0 Å². The summed E-state index contributed by atoms with van der Waals surface area (Å²) in [5.41, 5.74) is 4.81. The summed E-state index contributed by atoms with van der Waals surface area (Å²) in [5, 5.41) is 10.0. The lowest BCUT2D eigenvalue weighted by molar-refractivity contribution is -0.00383. The fraction of sp³-hybridized carbons (Fsp3) is 0.542. The van der Waals surface area contributed by atoms with Crippen LogP contribution >= 0.6 is 0 Å². The molecule has 1 fully saturated rings. The third kappa shape index (κ3) is 2.14. The molecule has 1 aromatic rings. The van der Waals surface area contributed by atoms with Gasteiger partial charge in [-0.25, -0.2) is 0 Å². The molecule has 2 nitrogen and oxygen atoms in total. The van der Waals surface area contributed by atoms with Crippen LogP contribution in [0, 0.1) is 28.6 Å². The number of aliphatic hydroxyl groups is 1. The van der Waals surface area contributed by atoms with E-state index in [2.05, 4.69) is 49.2 Å². The summed E-state index contributed by atoms with van der Waals surface area (Å²) in [4.78, 5) is 4.37. The lowest BCUT2D eigenvalue weighted by atomic mass is 9.48. The average Bonchev–Trinajstić information content (AvgIpc) is 3.00. The molecule has 0 spiro atoms. The van der Waals surface area contributed by atoms with Crippen LogP contribution in [0.15, 0.2) is 54.1 Å². The van der Waals surface area contributed by atoms with Gasteiger partial charge in [0.2, 0.25) is 0 Å². The molecule has 0 unspecified atom stereocenters. The maximum absolute atomic E-state index is 10.0. The van der Waals surface area contributed by atoms with E-state index in [1.165, 1.54) is 42.4 Å². The molecule has 136 valence electrons. The minimum Gasteiger partial charge on any atom is -0.512 e. The van der Waals surface area contributed by atoms with E-state index >= 15 is 0 Å². The Kier molecular flexibility index (Phi) is 3.51. The van der Waals surface area contributed by atoms with Gasteiger partial charge in [0.15, 0.2) is 0 Å². The van der Waals surface area contributed by atoms with Crippen LogP contribution in [0.25, 0.3) is 5.57 Å². The highest BCUT2D eigenvalue weighted by Crippen LogP contribution is 2.65. The van der Waals surface area contributed by atoms with Crippen LogP contribution in [0.3, 0.4) is 0 Å². The number of pyridine rings is 1. The molecule has 0 amide bonds. The average molecular weight is 348 g/mol. The summed E-state index contributed by atoms with van der Waals surface area (Å²) in [6.07, 6.45) is 17.9. The van der Waals surface area contributed by atoms with Crippen LogP contribution in [-0.2, 0) is 0 Å². The Morgan fingerprint density at radius 2 is 1.96 bits per heavy atom. The first kappa shape index (κ1) is 16.4. The molecule has 0 saturated heterocycles. The highest BCUT2D eigenvalue weighted by molar-refractivity contribution is 5.72. The van der Waals surface area contributed by atoms with E-state index < -0.39 is 0 Å². The van der Waals surface area contributed by atoms with E-state index in [0.29, 0.717) is 11.2 Å². The minimum atomic E-state index is 0.257. The molecule has 4 aliphatic carbocycles. The van der Waals surface area contributed by atoms with Crippen molar-refractivity contribution in [2.24, 2.45) is 28.6 Å². The van der Waals surface area contributed by atoms with Crippen molar-refractivity contribution < 1.29 is 5.11 Å². The summed E-state index contributed by atoms with van der Waals surface area (Å²) in [7, 11) is 0. The quantitative estimate of drug-likeness (QED) is 0.667. The van der Waals surface area contributed by atoms with Gasteiger partial charge in [-0.05, 0) is 89.5 Å². The van der Waals surface area contributed by atoms with Crippen molar-refractivity contribution in [3.63, 3.8) is 0 Å². The highest BCUT2D eigenvalue weighted by Gasteiger charge is 2.56. The number of fused-ring (bicyclic) bond motifs is 5. The molecule has 0 radical (unpaired) electrons. The Morgan fingerprint density at radius 3 is 2.77 bits per heavy atom. The van der Waals surface area contributed by atoms with Gasteiger partial charge in [0.05, 0.1) is 5.76 Å². The summed E-state index contributed by atoms with van der Waals surface area (Å²) < 4.78 is 0. The van der Waals surface area contributed by atoms with Crippen LogP contribution < -0.4 is 0 Å². The Balaban J connectivity index is 1.50. The summed E-state index contributed by atoms with van der Waals surface area (Å²) >= 11 is 0. The fourth-order valence-electron chi connectivity index (χ4n) is 6.85. The maximum atomic E-state index is 10.0. The zero-order valence-corrected chi connectivity index (χ0v) is 15.9. The Morgan fingerprint density at radius 1 is 1.08 bits per heavy atom. The molecule has 5 atom stereocenters. The molecule has 0 aromatic carbocycles. The zero-order chi connectivity index (χ0) is 17.9. The molecule has 1 aromatic heterocycles. The number of hydrogen-bond donors (Lipinski definition) is 1. The Hall–Kier alpha value is -1.83. The minimum absolute atomic E-state index is 0.257. The second-order valence-electron chi connectivity index (χ2n) is 9.38. The van der Waals surface area contributed by atoms with Gasteiger partial charge in [0, 0.05) is 18.8 Å². The molecule has 26 heavy (non-hydrogen) atoms. The van der Waals surface area contributed by atoms with Gasteiger partial charge in [-0.15, -0.1) is 0 Å². The predicted octanol–water partition coefficient (Wildman–Crippen LogP) is 6.09. The lowest BCUT2D eigenvalue weighted by Crippen LogP contribution is -2.48. The first-order valence-corrected chi connectivity index (χ1v) is 10.2. The van der Waals surface area contributed by atoms with Crippen molar-refractivity contribution >= 4 is 5.57 Å². The third-order valence-corrected chi connectivity index (χ3v) is 8.30. The summed E-state index contributed by atoms with van der Waals surface area (Å²) in [6.45, 7) is 4.97. The number of aliphatic hydroxyl groups excluding tert-OH is 1. The van der Waals surface area contributed by atoms with Gasteiger partial charge in [-0.2, -0.15) is 0 Å². The molecule has 0 aliphatic heterocycles. The van der Waals surface area contributed by atoms with Gasteiger partial charge in [0.1, 0.15) is 0 Å². The van der Waals surface area contributed by atoms with E-state index in [1.807, 2.05) is 12.4 Å². The third-order valence-electron chi connectivity index (χ3n) is 8.30. The van der Waals surface area contributed by atoms with Gasteiger partial charge in [-0.3, -0.25) is 4.98 Å². The highest BCUT2D eigenvalue weighted by atomic mass is 16.3. The van der Waals surface area contributed by atoms with Crippen molar-refractivity contribution in [2.75, 3.05) is 0 Å². The molecule has 1 saturated carbocycles. The molecular formula is C24H29NO. The number of nitrogens with zero attached hydrogens (tertiary/aromatic N) is 1. The van der Waals surface area contributed by atoms with Crippen molar-refractivity contribution in [1.29, 1.82) is 0 Å². The Bertz CT molecular complexity index is 820. The van der Waals surface area contributed by atoms with Crippen LogP contribution in [0.4, 0.5) is 0 Å². The topological polar surface area (TPSA) is 33.1 Å². The maximum Gasteiger partial charge on any atom is 0.0925 e. The standard InChI is InChI=1S/C24H29NO/c1-23-11-9-18(26)14-17(23)5-6-19-21-8-7-20(16-4-3-13-25-15-16)24(21,2)12-10-22(19)23/h3-5,7,13-15,19,21-22,26H,6,8-12H2,1-2H3/t19-,21-,22-,23-,24+/m0/s1. The van der Waals surface area contributed by atoms with Crippen LogP contribution in [-0.4, -0.2) is 10.1 Å². The van der Waals surface area contributed by atoms with E-state index in [0.717, 1.165) is 30.6 Å². The van der Waals surface area contributed by atoms with Crippen LogP contribution in [0.1, 0.15) is 57.9 Å². The SMILES string of the molecule is C[C@]12CCC(O)=CC1=CC[C@@H]1[C@@H]2CC[C@]2(C)C(c3cccnc3)=CC[C@@H]12. The molecule has 0 bridgehead atoms. The second kappa shape index (κ2) is 5.58. The van der Waals surface area contributed by atoms with E-state index in [1.54, 1.807) is 0 Å². The largest absolute Gasteiger partial charge is 0.512 e. The van der Waals surface area contributed by atoms with Gasteiger partial charge < -0.3 is 5.11 Å². The smallest absolute Gasteiger partial charge is 0.0925 e. The fourth-order valence-corrected chi connectivity index (χ4v) is 6.85. The molecule has 1 heterocycles. The molecule has 2 heteroatoms. The number of aromatic nitrogens is 1. The van der Waals surface area contributed by atoms with E-state index in [-0.39, 0.29) is 5.41 Å². The molecular weight excluding hydrogens is 318 g/mol. The first-order valence-electron chi connectivity index (χ1n) is 10.2. The predicted molar refractivity (Wildman–Crippen MR) is 105 cm³/mol. The van der Waals surface area contributed by atoms with Crippen molar-refractivity contribution in [3.8, 4) is 0 Å². The molecule has 1 N–H and O–H groups in total. The van der Waals surface area contributed by atoms with Crippen molar-refractivity contribution in [1.82, 2.24) is 4.98 Å². The van der Waals surface area contributed by atoms with Crippen molar-refractivity contribution in [3.05, 3.63) is 59.7 Å². The second-order valence-corrected chi connectivity index (χ2v) is 9.38. The van der Waals surface area contributed by atoms with Gasteiger partial charge in [0.25, 0.3) is 0 Å². The molecule has 4 aliphatic rings. The van der Waals surface area contributed by atoms with Crippen LogP contribution in [0.2, 0.25) is 0 Å². The van der Waals surface area contributed by atoms with E-state index in [9.17, 15) is 5.11 Å². The van der Waals surface area contributed by atoms with Crippen molar-refractivity contribution in [2.45, 2.75) is 52.4 Å². The monoisotopic (exact) mass is 347 g/mol. The number of allylic oxidation sites excluding steroid dienone is 6. The summed E-state index contributed by atoms with van der Waals surface area (Å²) in [6, 6.07) is 4.30. The summed E-state index contributed by atoms with van der Waals surface area (Å²) in [5.74, 6) is 2.84. The number of hydrogen-bond acceptors (Lipinski definition) is 2. The lowest BCUT2D eigenvalue weighted by Gasteiger charge is -2.56. The van der Waals surface area contributed by atoms with Gasteiger partial charge >= 0.3 is 0 Å². The van der Waals surface area contributed by atoms with Crippen LogP contribution in [0.5, 0.6) is 0 Å². The zero-order valence-electron chi connectivity index (χ0n) is 15.9. The normalized spacial score (nSPS) is 41.3. The number of rotatable bonds is 1. The van der Waals surface area contributed by atoms with Gasteiger partial charge in [-0.1, -0.05) is 32.1 Å². The Labute approximate surface area is 156 Å². The molecule has 5 rings (SSSR count). The first-order chi connectivity index (χ1) is 12.5.